The summed E-state index contributed by atoms with van der Waals surface area (Å²) in [6.45, 7) is 2.56. The minimum Gasteiger partial charge on any atom is -0.490 e. The summed E-state index contributed by atoms with van der Waals surface area (Å²) in [7, 11) is 0. The van der Waals surface area contributed by atoms with Gasteiger partial charge in [0.15, 0.2) is 0 Å². The second-order valence-electron chi connectivity index (χ2n) is 6.24. The topological polar surface area (TPSA) is 18.5 Å². The fourth-order valence-electron chi connectivity index (χ4n) is 3.51. The quantitative estimate of drug-likeness (QED) is 0.798. The molecule has 1 heterocycles. The zero-order valence-electron chi connectivity index (χ0n) is 12.2. The van der Waals surface area contributed by atoms with Crippen LogP contribution in [0.1, 0.15) is 50.5 Å². The van der Waals surface area contributed by atoms with E-state index < -0.39 is 0 Å². The van der Waals surface area contributed by atoms with Gasteiger partial charge in [0.1, 0.15) is 17.7 Å². The van der Waals surface area contributed by atoms with Crippen molar-refractivity contribution in [3.05, 3.63) is 29.6 Å². The van der Waals surface area contributed by atoms with E-state index in [2.05, 4.69) is 0 Å². The van der Waals surface area contributed by atoms with Crippen LogP contribution in [0, 0.1) is 12.7 Å². The fourth-order valence-corrected chi connectivity index (χ4v) is 3.51. The van der Waals surface area contributed by atoms with Gasteiger partial charge in [-0.05, 0) is 43.5 Å². The molecule has 0 N–H and O–H groups in total. The fraction of sp³-hybridized carbons (Fsp3) is 0.647. The van der Waals surface area contributed by atoms with Crippen molar-refractivity contribution in [2.75, 3.05) is 6.61 Å². The highest BCUT2D eigenvalue weighted by molar-refractivity contribution is 5.29. The van der Waals surface area contributed by atoms with E-state index in [0.29, 0.717) is 5.56 Å². The number of aryl methyl sites for hydroxylation is 1. The van der Waals surface area contributed by atoms with Gasteiger partial charge in [-0.2, -0.15) is 0 Å². The number of hydrogen-bond donors (Lipinski definition) is 0. The zero-order valence-corrected chi connectivity index (χ0v) is 12.2. The van der Waals surface area contributed by atoms with Crippen molar-refractivity contribution in [3.63, 3.8) is 0 Å². The van der Waals surface area contributed by atoms with E-state index >= 15 is 0 Å². The maximum atomic E-state index is 13.3. The van der Waals surface area contributed by atoms with Crippen LogP contribution in [0.5, 0.6) is 5.75 Å². The molecule has 1 atom stereocenters. The first-order chi connectivity index (χ1) is 9.67. The summed E-state index contributed by atoms with van der Waals surface area (Å²) in [5, 5.41) is 0. The van der Waals surface area contributed by atoms with Crippen molar-refractivity contribution in [1.29, 1.82) is 0 Å². The van der Waals surface area contributed by atoms with E-state index in [1.165, 1.54) is 25.3 Å². The molecule has 1 unspecified atom stereocenters. The molecule has 2 aliphatic rings. The molecule has 1 aliphatic heterocycles. The van der Waals surface area contributed by atoms with E-state index in [1.807, 2.05) is 0 Å². The van der Waals surface area contributed by atoms with Gasteiger partial charge in [-0.25, -0.2) is 4.39 Å². The van der Waals surface area contributed by atoms with Crippen molar-refractivity contribution in [1.82, 2.24) is 0 Å². The highest BCUT2D eigenvalue weighted by Crippen LogP contribution is 2.39. The normalized spacial score (nSPS) is 25.6. The van der Waals surface area contributed by atoms with Gasteiger partial charge < -0.3 is 9.47 Å². The van der Waals surface area contributed by atoms with E-state index in [4.69, 9.17) is 9.47 Å². The highest BCUT2D eigenvalue weighted by Gasteiger charge is 2.39. The standard InChI is InChI=1S/C17H23FO2/c1-13-11-14(5-6-16(13)18)20-15-7-10-19-17(12-15)8-3-2-4-9-17/h5-6,11,15H,2-4,7-10,12H2,1H3. The predicted octanol–water partition coefficient (Wildman–Crippen LogP) is 4.39. The monoisotopic (exact) mass is 278 g/mol. The molecule has 3 rings (SSSR count). The predicted molar refractivity (Wildman–Crippen MR) is 76.6 cm³/mol. The van der Waals surface area contributed by atoms with Crippen molar-refractivity contribution in [2.24, 2.45) is 0 Å². The van der Waals surface area contributed by atoms with Crippen LogP contribution in [-0.2, 0) is 4.74 Å². The van der Waals surface area contributed by atoms with Crippen LogP contribution < -0.4 is 4.74 Å². The zero-order chi connectivity index (χ0) is 14.0. The average molecular weight is 278 g/mol. The Kier molecular flexibility index (Phi) is 3.97. The molecule has 1 aromatic carbocycles. The van der Waals surface area contributed by atoms with Gasteiger partial charge in [0.2, 0.25) is 0 Å². The van der Waals surface area contributed by atoms with Crippen LogP contribution in [0.15, 0.2) is 18.2 Å². The molecular weight excluding hydrogens is 255 g/mol. The van der Waals surface area contributed by atoms with Crippen molar-refractivity contribution < 1.29 is 13.9 Å². The summed E-state index contributed by atoms with van der Waals surface area (Å²) >= 11 is 0. The molecule has 0 amide bonds. The van der Waals surface area contributed by atoms with Gasteiger partial charge in [0.05, 0.1) is 12.2 Å². The molecule has 0 radical (unpaired) electrons. The molecular formula is C17H23FO2. The molecule has 110 valence electrons. The summed E-state index contributed by atoms with van der Waals surface area (Å²) in [4.78, 5) is 0. The van der Waals surface area contributed by atoms with Gasteiger partial charge in [-0.15, -0.1) is 0 Å². The van der Waals surface area contributed by atoms with Gasteiger partial charge in [0, 0.05) is 12.8 Å². The van der Waals surface area contributed by atoms with Gasteiger partial charge in [-0.3, -0.25) is 0 Å². The molecule has 1 aliphatic carbocycles. The third-order valence-corrected chi connectivity index (χ3v) is 4.64. The van der Waals surface area contributed by atoms with E-state index in [-0.39, 0.29) is 17.5 Å². The lowest BCUT2D eigenvalue weighted by molar-refractivity contribution is -0.129. The first-order valence-electron chi connectivity index (χ1n) is 7.74. The van der Waals surface area contributed by atoms with Crippen LogP contribution in [0.4, 0.5) is 4.39 Å². The Balaban J connectivity index is 1.66. The lowest BCUT2D eigenvalue weighted by atomic mass is 9.79. The molecule has 1 saturated heterocycles. The van der Waals surface area contributed by atoms with E-state index in [1.54, 1.807) is 19.1 Å². The summed E-state index contributed by atoms with van der Waals surface area (Å²) < 4.78 is 25.4. The smallest absolute Gasteiger partial charge is 0.126 e. The first kappa shape index (κ1) is 13.9. The molecule has 2 fully saturated rings. The molecule has 1 saturated carbocycles. The molecule has 20 heavy (non-hydrogen) atoms. The van der Waals surface area contributed by atoms with Gasteiger partial charge in [0.25, 0.3) is 0 Å². The van der Waals surface area contributed by atoms with Crippen LogP contribution in [0.3, 0.4) is 0 Å². The van der Waals surface area contributed by atoms with Crippen LogP contribution in [0.25, 0.3) is 0 Å². The Morgan fingerprint density at radius 1 is 1.25 bits per heavy atom. The third-order valence-electron chi connectivity index (χ3n) is 4.64. The SMILES string of the molecule is Cc1cc(OC2CCOC3(CCCCC3)C2)ccc1F. The second kappa shape index (κ2) is 5.72. The second-order valence-corrected chi connectivity index (χ2v) is 6.24. The van der Waals surface area contributed by atoms with Gasteiger partial charge in [-0.1, -0.05) is 19.3 Å². The highest BCUT2D eigenvalue weighted by atomic mass is 19.1. The molecule has 2 nitrogen and oxygen atoms in total. The average Bonchev–Trinajstić information content (AvgIpc) is 2.44. The molecule has 1 aromatic rings. The van der Waals surface area contributed by atoms with Crippen LogP contribution in [-0.4, -0.2) is 18.3 Å². The Hall–Kier alpha value is -1.09. The number of halogens is 1. The first-order valence-corrected chi connectivity index (χ1v) is 7.74. The Morgan fingerprint density at radius 2 is 2.05 bits per heavy atom. The van der Waals surface area contributed by atoms with Crippen LogP contribution >= 0.6 is 0 Å². The lowest BCUT2D eigenvalue weighted by Gasteiger charge is -2.43. The summed E-state index contributed by atoms with van der Waals surface area (Å²) in [5.41, 5.74) is 0.693. The summed E-state index contributed by atoms with van der Waals surface area (Å²) in [5.74, 6) is 0.606. The largest absolute Gasteiger partial charge is 0.490 e. The maximum Gasteiger partial charge on any atom is 0.126 e. The lowest BCUT2D eigenvalue weighted by Crippen LogP contribution is -2.45. The van der Waals surface area contributed by atoms with Crippen LogP contribution in [0.2, 0.25) is 0 Å². The summed E-state index contributed by atoms with van der Waals surface area (Å²) in [6, 6.07) is 5.00. The van der Waals surface area contributed by atoms with Crippen molar-refractivity contribution in [2.45, 2.75) is 63.6 Å². The Labute approximate surface area is 120 Å². The minimum absolute atomic E-state index is 0.0518. The molecule has 0 aromatic heterocycles. The number of hydrogen-bond acceptors (Lipinski definition) is 2. The molecule has 0 bridgehead atoms. The maximum absolute atomic E-state index is 13.3. The van der Waals surface area contributed by atoms with Crippen molar-refractivity contribution in [3.8, 4) is 5.75 Å². The number of ether oxygens (including phenoxy) is 2. The number of benzene rings is 1. The van der Waals surface area contributed by atoms with Gasteiger partial charge >= 0.3 is 0 Å². The minimum atomic E-state index is -0.173. The third kappa shape index (κ3) is 2.98. The summed E-state index contributed by atoms with van der Waals surface area (Å²) in [6.07, 6.45) is 8.29. The Bertz CT molecular complexity index is 461. The Morgan fingerprint density at radius 3 is 2.80 bits per heavy atom. The van der Waals surface area contributed by atoms with E-state index in [9.17, 15) is 4.39 Å². The molecule has 3 heteroatoms. The van der Waals surface area contributed by atoms with Crippen molar-refractivity contribution >= 4 is 0 Å². The molecule has 1 spiro atoms. The number of rotatable bonds is 2. The van der Waals surface area contributed by atoms with E-state index in [0.717, 1.165) is 38.0 Å².